The van der Waals surface area contributed by atoms with Gasteiger partial charge in [0.25, 0.3) is 11.5 Å². The maximum absolute atomic E-state index is 12.6. The normalized spacial score (nSPS) is 9.64. The van der Waals surface area contributed by atoms with Gasteiger partial charge in [-0.3, -0.25) is 14.2 Å². The Morgan fingerprint density at radius 2 is 2.15 bits per heavy atom. The first-order valence-corrected chi connectivity index (χ1v) is 10.5. The molecule has 0 aliphatic heterocycles. The Morgan fingerprint density at radius 1 is 1.36 bits per heavy atom. The number of anilines is 1. The number of nitriles is 1. The van der Waals surface area contributed by atoms with Crippen molar-refractivity contribution in [3.63, 3.8) is 0 Å². The van der Waals surface area contributed by atoms with Gasteiger partial charge < -0.3 is 20.1 Å². The minimum Gasteiger partial charge on any atom is -0.482 e. The molecule has 172 valence electrons. The molecule has 9 nitrogen and oxygen atoms in total. The smallest absolute Gasteiger partial charge is 0.343 e. The predicted molar refractivity (Wildman–Crippen MR) is 121 cm³/mol. The van der Waals surface area contributed by atoms with E-state index in [4.69, 9.17) is 4.74 Å². The van der Waals surface area contributed by atoms with E-state index in [-0.39, 0.29) is 40.0 Å². The van der Waals surface area contributed by atoms with Gasteiger partial charge in [0.2, 0.25) is 0 Å². The first kappa shape index (κ1) is 25.2. The molecule has 0 unspecified atom stereocenters. The Kier molecular flexibility index (Phi) is 9.68. The van der Waals surface area contributed by atoms with Gasteiger partial charge in [-0.05, 0) is 19.1 Å². The number of carbonyl (C=O) groups excluding carboxylic acids is 2. The van der Waals surface area contributed by atoms with Gasteiger partial charge in [-0.1, -0.05) is 28.9 Å². The summed E-state index contributed by atoms with van der Waals surface area (Å²) in [4.78, 5) is 35.7. The lowest BCUT2D eigenvalue weighted by molar-refractivity contribution is -0.142. The number of amides is 1. The van der Waals surface area contributed by atoms with Gasteiger partial charge >= 0.3 is 5.97 Å². The molecular weight excluding hydrogens is 451 g/mol. The van der Waals surface area contributed by atoms with E-state index in [1.165, 1.54) is 17.9 Å². The number of nitrogens with zero attached hydrogens (tertiary/aromatic N) is 2. The van der Waals surface area contributed by atoms with Crippen molar-refractivity contribution >= 4 is 40.4 Å². The van der Waals surface area contributed by atoms with Gasteiger partial charge in [-0.15, -0.1) is 0 Å². The van der Waals surface area contributed by atoms with Gasteiger partial charge in [0.1, 0.15) is 27.7 Å². The molecule has 0 aliphatic carbocycles. The number of alkyl halides is 1. The van der Waals surface area contributed by atoms with Crippen LogP contribution in [0.5, 0.6) is 5.75 Å². The molecule has 2 aromatic rings. The summed E-state index contributed by atoms with van der Waals surface area (Å²) < 4.78 is 23.9. The summed E-state index contributed by atoms with van der Waals surface area (Å²) in [6, 6.07) is 8.50. The Balaban J connectivity index is 2.38. The van der Waals surface area contributed by atoms with E-state index >= 15 is 0 Å². The van der Waals surface area contributed by atoms with Crippen molar-refractivity contribution in [1.82, 2.24) is 9.88 Å². The lowest BCUT2D eigenvalue weighted by Gasteiger charge is -2.06. The van der Waals surface area contributed by atoms with E-state index < -0.39 is 18.6 Å². The second-order valence-corrected chi connectivity index (χ2v) is 7.17. The number of esters is 1. The summed E-state index contributed by atoms with van der Waals surface area (Å²) >= 11 is 1.00. The SMILES string of the molecule is CCn1c(=C=C(C#N)C(=O)NCCF)sc(=C=CNc2cccc(OCC(=O)OC)c2)c1=O. The summed E-state index contributed by atoms with van der Waals surface area (Å²) in [5, 5.41) is 14.4. The standard InChI is InChI=1S/C22H21FN4O5S/c1-3-27-19(11-15(13-24)21(29)26-10-8-23)33-18(22(27)30)7-9-25-16-5-4-6-17(12-16)32-14-20(28)31-2/h4-6,9,12,25H,3,8,10,14H2,1-2H3,(H,26,29). The topological polar surface area (TPSA) is 122 Å². The molecule has 0 bridgehead atoms. The highest BCUT2D eigenvalue weighted by atomic mass is 32.1. The van der Waals surface area contributed by atoms with Gasteiger partial charge in [-0.25, -0.2) is 9.18 Å². The second-order valence-electron chi connectivity index (χ2n) is 6.17. The molecule has 0 atom stereocenters. The van der Waals surface area contributed by atoms with Crippen molar-refractivity contribution in [3.05, 3.63) is 55.6 Å². The molecule has 0 spiro atoms. The zero-order valence-corrected chi connectivity index (χ0v) is 18.8. The molecule has 2 rings (SSSR count). The van der Waals surface area contributed by atoms with Crippen molar-refractivity contribution in [2.45, 2.75) is 13.5 Å². The quantitative estimate of drug-likeness (QED) is 0.308. The number of carbonyl (C=O) groups is 2. The van der Waals surface area contributed by atoms with E-state index in [2.05, 4.69) is 26.8 Å². The van der Waals surface area contributed by atoms with Crippen LogP contribution < -0.4 is 30.1 Å². The second kappa shape index (κ2) is 12.7. The molecule has 33 heavy (non-hydrogen) atoms. The van der Waals surface area contributed by atoms with Crippen LogP contribution in [0.1, 0.15) is 6.92 Å². The third-order valence-electron chi connectivity index (χ3n) is 4.01. The molecule has 0 saturated carbocycles. The molecule has 1 heterocycles. The Labute approximate surface area is 192 Å². The predicted octanol–water partition coefficient (Wildman–Crippen LogP) is 0.402. The number of aromatic nitrogens is 1. The summed E-state index contributed by atoms with van der Waals surface area (Å²) in [5.74, 6) is -0.830. The molecule has 0 aliphatic rings. The van der Waals surface area contributed by atoms with Crippen LogP contribution in [0, 0.1) is 11.3 Å². The summed E-state index contributed by atoms with van der Waals surface area (Å²) in [6.07, 6.45) is 1.43. The van der Waals surface area contributed by atoms with Crippen molar-refractivity contribution in [3.8, 4) is 11.8 Å². The third-order valence-corrected chi connectivity index (χ3v) is 5.02. The average Bonchev–Trinajstić information content (AvgIpc) is 3.13. The van der Waals surface area contributed by atoms with Crippen LogP contribution in [0.15, 0.2) is 40.8 Å². The highest BCUT2D eigenvalue weighted by Gasteiger charge is 2.09. The van der Waals surface area contributed by atoms with Crippen LogP contribution in [-0.2, 0) is 20.9 Å². The number of halogens is 1. The van der Waals surface area contributed by atoms with Crippen molar-refractivity contribution in [2.24, 2.45) is 0 Å². The van der Waals surface area contributed by atoms with Crippen LogP contribution in [-0.4, -0.2) is 43.4 Å². The fraction of sp³-hybridized carbons (Fsp3) is 0.273. The van der Waals surface area contributed by atoms with E-state index in [1.54, 1.807) is 37.3 Å². The maximum atomic E-state index is 12.6. The van der Waals surface area contributed by atoms with Crippen LogP contribution in [0.25, 0.3) is 11.5 Å². The van der Waals surface area contributed by atoms with E-state index in [0.29, 0.717) is 11.4 Å². The average molecular weight is 472 g/mol. The molecule has 1 aromatic heterocycles. The minimum atomic E-state index is -0.768. The van der Waals surface area contributed by atoms with E-state index in [0.717, 1.165) is 11.3 Å². The highest BCUT2D eigenvalue weighted by Crippen LogP contribution is 2.17. The fourth-order valence-electron chi connectivity index (χ4n) is 2.44. The lowest BCUT2D eigenvalue weighted by Crippen LogP contribution is -2.30. The lowest BCUT2D eigenvalue weighted by atomic mass is 10.3. The molecule has 0 saturated heterocycles. The molecule has 1 aromatic carbocycles. The number of hydrogen-bond acceptors (Lipinski definition) is 8. The first-order chi connectivity index (χ1) is 15.9. The van der Waals surface area contributed by atoms with Gasteiger partial charge in [-0.2, -0.15) is 5.26 Å². The van der Waals surface area contributed by atoms with E-state index in [9.17, 15) is 24.0 Å². The third kappa shape index (κ3) is 7.23. The molecule has 2 N–H and O–H groups in total. The zero-order valence-electron chi connectivity index (χ0n) is 17.9. The van der Waals surface area contributed by atoms with Crippen molar-refractivity contribution in [1.29, 1.82) is 5.26 Å². The number of nitrogens with one attached hydrogen (secondary N) is 2. The molecule has 1 amide bonds. The molecule has 0 radical (unpaired) electrons. The Morgan fingerprint density at radius 3 is 2.82 bits per heavy atom. The number of rotatable bonds is 9. The van der Waals surface area contributed by atoms with Crippen molar-refractivity contribution < 1.29 is 23.5 Å². The number of benzene rings is 1. The largest absolute Gasteiger partial charge is 0.482 e. The van der Waals surface area contributed by atoms with Crippen LogP contribution >= 0.6 is 11.3 Å². The minimum absolute atomic E-state index is 0.223. The summed E-state index contributed by atoms with van der Waals surface area (Å²) in [7, 11) is 1.27. The zero-order chi connectivity index (χ0) is 24.2. The van der Waals surface area contributed by atoms with Gasteiger partial charge in [0, 0.05) is 31.0 Å². The summed E-state index contributed by atoms with van der Waals surface area (Å²) in [6.45, 7) is 0.813. The molecule has 11 heteroatoms. The number of ether oxygens (including phenoxy) is 2. The Hall–Kier alpha value is -4.09. The molecule has 0 fully saturated rings. The summed E-state index contributed by atoms with van der Waals surface area (Å²) in [5.41, 5.74) is 5.38. The van der Waals surface area contributed by atoms with Crippen LogP contribution in [0.2, 0.25) is 0 Å². The monoisotopic (exact) mass is 472 g/mol. The van der Waals surface area contributed by atoms with Crippen molar-refractivity contribution in [2.75, 3.05) is 32.3 Å². The maximum Gasteiger partial charge on any atom is 0.343 e. The highest BCUT2D eigenvalue weighted by molar-refractivity contribution is 7.07. The van der Waals surface area contributed by atoms with Crippen LogP contribution in [0.3, 0.4) is 0 Å². The number of methoxy groups -OCH3 is 1. The van der Waals surface area contributed by atoms with Gasteiger partial charge in [0.15, 0.2) is 12.2 Å². The van der Waals surface area contributed by atoms with Crippen LogP contribution in [0.4, 0.5) is 10.1 Å². The Bertz CT molecular complexity index is 1310. The first-order valence-electron chi connectivity index (χ1n) is 9.69. The number of thiazole rings is 1. The molecular formula is C22H21FN4O5S. The van der Waals surface area contributed by atoms with Gasteiger partial charge in [0.05, 0.1) is 7.11 Å². The van der Waals surface area contributed by atoms with E-state index in [1.807, 2.05) is 0 Å². The fourth-order valence-corrected chi connectivity index (χ4v) is 3.42. The number of hydrogen-bond donors (Lipinski definition) is 2.